The van der Waals surface area contributed by atoms with Gasteiger partial charge in [-0.2, -0.15) is 0 Å². The number of benzene rings is 2. The number of hydrogen-bond donors (Lipinski definition) is 2. The van der Waals surface area contributed by atoms with Gasteiger partial charge in [-0.25, -0.2) is 4.98 Å². The van der Waals surface area contributed by atoms with Gasteiger partial charge in [0.2, 0.25) is 6.41 Å². The molecule has 0 saturated carbocycles. The summed E-state index contributed by atoms with van der Waals surface area (Å²) < 4.78 is 5.19. The lowest BCUT2D eigenvalue weighted by molar-refractivity contribution is -0.109. The number of hydrogen-bond acceptors (Lipinski definition) is 3. The van der Waals surface area contributed by atoms with E-state index in [2.05, 4.69) is 36.3 Å². The number of ether oxygens (including phenoxy) is 1. The highest BCUT2D eigenvalue weighted by atomic mass is 16.5. The van der Waals surface area contributed by atoms with Crippen molar-refractivity contribution in [3.8, 4) is 17.1 Å². The van der Waals surface area contributed by atoms with Gasteiger partial charge < -0.3 is 15.0 Å². The van der Waals surface area contributed by atoms with Crippen LogP contribution in [-0.4, -0.2) is 30.0 Å². The zero-order chi connectivity index (χ0) is 17.2. The predicted octanol–water partition coefficient (Wildman–Crippen LogP) is 3.26. The van der Waals surface area contributed by atoms with Crippen LogP contribution >= 0.6 is 0 Å². The van der Waals surface area contributed by atoms with Crippen molar-refractivity contribution >= 4 is 17.4 Å². The van der Waals surface area contributed by atoms with Gasteiger partial charge in [0.1, 0.15) is 11.6 Å². The molecule has 24 heavy (non-hydrogen) atoms. The number of H-pyrrole nitrogens is 1. The Morgan fingerprint density at radius 2 is 1.96 bits per heavy atom. The number of fused-ring (bicyclic) bond motifs is 1. The van der Waals surface area contributed by atoms with Gasteiger partial charge in [0.25, 0.3) is 0 Å². The number of nitrogens with zero attached hydrogens (tertiary/aromatic N) is 1. The first-order chi connectivity index (χ1) is 11.5. The van der Waals surface area contributed by atoms with Gasteiger partial charge in [-0.1, -0.05) is 19.9 Å². The van der Waals surface area contributed by atoms with Crippen LogP contribution in [0.2, 0.25) is 0 Å². The average molecular weight is 323 g/mol. The Morgan fingerprint density at radius 1 is 1.21 bits per heavy atom. The normalized spacial score (nSPS) is 11.5. The van der Waals surface area contributed by atoms with E-state index < -0.39 is 0 Å². The van der Waals surface area contributed by atoms with Gasteiger partial charge in [0.05, 0.1) is 18.1 Å². The third-order valence-corrected chi connectivity index (χ3v) is 4.26. The van der Waals surface area contributed by atoms with Gasteiger partial charge in [-0.15, -0.1) is 0 Å². The van der Waals surface area contributed by atoms with Crippen molar-refractivity contribution in [2.24, 2.45) is 0 Å². The third-order valence-electron chi connectivity index (χ3n) is 4.26. The summed E-state index contributed by atoms with van der Waals surface area (Å²) in [6.07, 6.45) is 0.733. The third kappa shape index (κ3) is 3.11. The van der Waals surface area contributed by atoms with Crippen LogP contribution in [0.1, 0.15) is 19.4 Å². The van der Waals surface area contributed by atoms with Crippen molar-refractivity contribution < 1.29 is 9.53 Å². The summed E-state index contributed by atoms with van der Waals surface area (Å²) in [6.45, 7) is 4.78. The van der Waals surface area contributed by atoms with Gasteiger partial charge in [-0.05, 0) is 42.0 Å². The van der Waals surface area contributed by atoms with Gasteiger partial charge in [0, 0.05) is 17.5 Å². The van der Waals surface area contributed by atoms with Gasteiger partial charge in [0.15, 0.2) is 0 Å². The van der Waals surface area contributed by atoms with E-state index in [1.807, 2.05) is 30.3 Å². The second-order valence-electron chi connectivity index (χ2n) is 6.43. The number of carbonyl (C=O) groups excluding carboxylic acids is 1. The highest BCUT2D eigenvalue weighted by molar-refractivity contribution is 5.80. The molecule has 1 amide bonds. The molecule has 0 atom stereocenters. The summed E-state index contributed by atoms with van der Waals surface area (Å²) >= 11 is 0. The van der Waals surface area contributed by atoms with E-state index in [0.29, 0.717) is 6.54 Å². The molecule has 0 aliphatic carbocycles. The molecule has 5 nitrogen and oxygen atoms in total. The number of amides is 1. The minimum atomic E-state index is -0.158. The lowest BCUT2D eigenvalue weighted by Crippen LogP contribution is -2.32. The number of methoxy groups -OCH3 is 1. The Kier molecular flexibility index (Phi) is 4.25. The fraction of sp³-hybridized carbons (Fsp3) is 0.263. The van der Waals surface area contributed by atoms with E-state index in [9.17, 15) is 4.79 Å². The molecule has 0 spiro atoms. The Hall–Kier alpha value is -2.82. The molecule has 0 fully saturated rings. The van der Waals surface area contributed by atoms with Crippen molar-refractivity contribution in [2.45, 2.75) is 19.3 Å². The van der Waals surface area contributed by atoms with Crippen LogP contribution in [0.25, 0.3) is 22.4 Å². The Labute approximate surface area is 141 Å². The van der Waals surface area contributed by atoms with Crippen LogP contribution in [0.3, 0.4) is 0 Å². The fourth-order valence-electron chi connectivity index (χ4n) is 2.71. The molecule has 0 bridgehead atoms. The first-order valence-electron chi connectivity index (χ1n) is 7.85. The number of imidazole rings is 1. The maximum absolute atomic E-state index is 10.6. The van der Waals surface area contributed by atoms with Crippen LogP contribution in [0.4, 0.5) is 0 Å². The molecule has 1 aromatic heterocycles. The van der Waals surface area contributed by atoms with Gasteiger partial charge in [-0.3, -0.25) is 4.79 Å². The highest BCUT2D eigenvalue weighted by Crippen LogP contribution is 2.28. The molecular weight excluding hydrogens is 302 g/mol. The van der Waals surface area contributed by atoms with Crippen LogP contribution in [0.15, 0.2) is 42.5 Å². The number of nitrogens with one attached hydrogen (secondary N) is 2. The average Bonchev–Trinajstić information content (AvgIpc) is 3.03. The fourth-order valence-corrected chi connectivity index (χ4v) is 2.71. The van der Waals surface area contributed by atoms with Crippen molar-refractivity contribution in [1.29, 1.82) is 0 Å². The highest BCUT2D eigenvalue weighted by Gasteiger charge is 2.21. The van der Waals surface area contributed by atoms with Crippen LogP contribution < -0.4 is 10.1 Å². The number of aromatic amines is 1. The first-order valence-corrected chi connectivity index (χ1v) is 7.85. The molecule has 1 heterocycles. The quantitative estimate of drug-likeness (QED) is 0.684. The van der Waals surface area contributed by atoms with E-state index in [-0.39, 0.29) is 5.41 Å². The molecule has 5 heteroatoms. The Morgan fingerprint density at radius 3 is 2.62 bits per heavy atom. The lowest BCUT2D eigenvalue weighted by atomic mass is 9.84. The minimum absolute atomic E-state index is 0.158. The Bertz CT molecular complexity index is 851. The molecule has 0 aliphatic heterocycles. The lowest BCUT2D eigenvalue weighted by Gasteiger charge is -2.24. The summed E-state index contributed by atoms with van der Waals surface area (Å²) in [4.78, 5) is 18.6. The maximum Gasteiger partial charge on any atom is 0.207 e. The molecule has 124 valence electrons. The van der Waals surface area contributed by atoms with Gasteiger partial charge >= 0.3 is 0 Å². The molecule has 3 aromatic rings. The van der Waals surface area contributed by atoms with E-state index in [1.54, 1.807) is 7.11 Å². The maximum atomic E-state index is 10.6. The molecule has 0 radical (unpaired) electrons. The SMILES string of the molecule is COc1ccc(-c2nc3cc(C(C)(C)CNC=O)ccc3[nH]2)cc1. The zero-order valence-corrected chi connectivity index (χ0v) is 14.1. The number of rotatable bonds is 6. The van der Waals surface area contributed by atoms with Crippen molar-refractivity contribution in [1.82, 2.24) is 15.3 Å². The van der Waals surface area contributed by atoms with Crippen LogP contribution in [0.5, 0.6) is 5.75 Å². The van der Waals surface area contributed by atoms with Crippen molar-refractivity contribution in [3.05, 3.63) is 48.0 Å². The second-order valence-corrected chi connectivity index (χ2v) is 6.43. The van der Waals surface area contributed by atoms with Crippen molar-refractivity contribution in [2.75, 3.05) is 13.7 Å². The summed E-state index contributed by atoms with van der Waals surface area (Å²) in [7, 11) is 1.65. The van der Waals surface area contributed by atoms with Crippen LogP contribution in [0, 0.1) is 0 Å². The zero-order valence-electron chi connectivity index (χ0n) is 14.1. The second kappa shape index (κ2) is 6.35. The molecular formula is C19H21N3O2. The largest absolute Gasteiger partial charge is 0.497 e. The van der Waals surface area contributed by atoms with Crippen molar-refractivity contribution in [3.63, 3.8) is 0 Å². The standard InChI is InChI=1S/C19H21N3O2/c1-19(2,11-20-12-23)14-6-9-16-17(10-14)22-18(21-16)13-4-7-15(24-3)8-5-13/h4-10,12H,11H2,1-3H3,(H,20,23)(H,21,22). The van der Waals surface area contributed by atoms with E-state index >= 15 is 0 Å². The molecule has 0 unspecified atom stereocenters. The predicted molar refractivity (Wildman–Crippen MR) is 95.2 cm³/mol. The van der Waals surface area contributed by atoms with E-state index in [4.69, 9.17) is 9.72 Å². The van der Waals surface area contributed by atoms with Crippen LogP contribution in [-0.2, 0) is 10.2 Å². The summed E-state index contributed by atoms with van der Waals surface area (Å²) in [5, 5.41) is 2.76. The summed E-state index contributed by atoms with van der Waals surface area (Å²) in [5.74, 6) is 1.65. The number of aromatic nitrogens is 2. The van der Waals surface area contributed by atoms with E-state index in [1.165, 1.54) is 0 Å². The molecule has 3 rings (SSSR count). The monoisotopic (exact) mass is 323 g/mol. The number of carbonyl (C=O) groups is 1. The first kappa shape index (κ1) is 16.1. The topological polar surface area (TPSA) is 67.0 Å². The molecule has 0 aliphatic rings. The minimum Gasteiger partial charge on any atom is -0.497 e. The Balaban J connectivity index is 1.94. The summed E-state index contributed by atoms with van der Waals surface area (Å²) in [5.41, 5.74) is 3.89. The summed E-state index contributed by atoms with van der Waals surface area (Å²) in [6, 6.07) is 14.0. The molecule has 0 saturated heterocycles. The van der Waals surface area contributed by atoms with E-state index in [0.717, 1.165) is 40.1 Å². The molecule has 2 aromatic carbocycles. The smallest absolute Gasteiger partial charge is 0.207 e. The molecule has 2 N–H and O–H groups in total.